The van der Waals surface area contributed by atoms with Crippen LogP contribution < -0.4 is 10.6 Å². The molecule has 5 nitrogen and oxygen atoms in total. The number of aromatic nitrogens is 2. The molecule has 1 saturated heterocycles. The Morgan fingerprint density at radius 2 is 2.00 bits per heavy atom. The summed E-state index contributed by atoms with van der Waals surface area (Å²) in [5.74, 6) is 0.00663. The number of amides is 1. The number of benzene rings is 1. The largest absolute Gasteiger partial charge is 0.368 e. The van der Waals surface area contributed by atoms with Crippen LogP contribution in [0.25, 0.3) is 11.0 Å². The van der Waals surface area contributed by atoms with Crippen LogP contribution in [0.2, 0.25) is 0 Å². The minimum absolute atomic E-state index is 0.114. The quantitative estimate of drug-likeness (QED) is 0.897. The summed E-state index contributed by atoms with van der Waals surface area (Å²) in [7, 11) is 0. The SMILES string of the molecule is Cc1nc2ccccc2nc1N1C[C@H](F)C[C@H]1C(N)=O. The predicted molar refractivity (Wildman–Crippen MR) is 74.1 cm³/mol. The number of alkyl halides is 1. The van der Waals surface area contributed by atoms with Crippen LogP contribution in [-0.4, -0.2) is 34.6 Å². The molecule has 0 bridgehead atoms. The summed E-state index contributed by atoms with van der Waals surface area (Å²) < 4.78 is 13.6. The van der Waals surface area contributed by atoms with E-state index in [1.165, 1.54) is 0 Å². The lowest BCUT2D eigenvalue weighted by atomic mass is 10.2. The van der Waals surface area contributed by atoms with Gasteiger partial charge in [0, 0.05) is 6.42 Å². The number of carbonyl (C=O) groups is 1. The maximum absolute atomic E-state index is 13.6. The lowest BCUT2D eigenvalue weighted by Gasteiger charge is -2.24. The van der Waals surface area contributed by atoms with E-state index in [9.17, 15) is 9.18 Å². The topological polar surface area (TPSA) is 72.1 Å². The molecule has 1 aliphatic rings. The van der Waals surface area contributed by atoms with E-state index in [0.29, 0.717) is 11.5 Å². The first kappa shape index (κ1) is 12.8. The molecule has 0 saturated carbocycles. The fraction of sp³-hybridized carbons (Fsp3) is 0.357. The normalized spacial score (nSPS) is 22.4. The first-order valence-corrected chi connectivity index (χ1v) is 6.49. The van der Waals surface area contributed by atoms with Gasteiger partial charge in [-0.3, -0.25) is 4.79 Å². The van der Waals surface area contributed by atoms with E-state index >= 15 is 0 Å². The van der Waals surface area contributed by atoms with Crippen LogP contribution in [0.1, 0.15) is 12.1 Å². The number of carbonyl (C=O) groups excluding carboxylic acids is 1. The molecule has 2 N–H and O–H groups in total. The third-order valence-electron chi connectivity index (χ3n) is 3.57. The maximum atomic E-state index is 13.6. The lowest BCUT2D eigenvalue weighted by molar-refractivity contribution is -0.119. The molecule has 0 aliphatic carbocycles. The van der Waals surface area contributed by atoms with Gasteiger partial charge in [0.2, 0.25) is 5.91 Å². The van der Waals surface area contributed by atoms with Crippen molar-refractivity contribution in [3.63, 3.8) is 0 Å². The van der Waals surface area contributed by atoms with E-state index in [0.717, 1.165) is 11.0 Å². The van der Waals surface area contributed by atoms with Crippen molar-refractivity contribution in [1.82, 2.24) is 9.97 Å². The van der Waals surface area contributed by atoms with Crippen LogP contribution in [0.3, 0.4) is 0 Å². The van der Waals surface area contributed by atoms with Gasteiger partial charge in [-0.25, -0.2) is 14.4 Å². The Bertz CT molecular complexity index is 675. The Hall–Kier alpha value is -2.24. The van der Waals surface area contributed by atoms with Gasteiger partial charge in [-0.2, -0.15) is 0 Å². The van der Waals surface area contributed by atoms with Crippen LogP contribution in [0.15, 0.2) is 24.3 Å². The third kappa shape index (κ3) is 2.07. The van der Waals surface area contributed by atoms with Gasteiger partial charge in [-0.15, -0.1) is 0 Å². The Labute approximate surface area is 115 Å². The standard InChI is InChI=1S/C14H15FN4O/c1-8-14(18-11-5-3-2-4-10(11)17-8)19-7-9(15)6-12(19)13(16)20/h2-5,9,12H,6-7H2,1H3,(H2,16,20)/t9-,12+/m1/s1. The highest BCUT2D eigenvalue weighted by Gasteiger charge is 2.37. The smallest absolute Gasteiger partial charge is 0.240 e. The molecule has 1 aromatic carbocycles. The molecule has 2 heterocycles. The second kappa shape index (κ2) is 4.70. The predicted octanol–water partition coefficient (Wildman–Crippen LogP) is 1.34. The van der Waals surface area contributed by atoms with Crippen molar-refractivity contribution in [2.75, 3.05) is 11.4 Å². The summed E-state index contributed by atoms with van der Waals surface area (Å²) in [5.41, 5.74) is 7.52. The van der Waals surface area contributed by atoms with E-state index in [-0.39, 0.29) is 13.0 Å². The van der Waals surface area contributed by atoms with Gasteiger partial charge in [0.05, 0.1) is 23.3 Å². The fourth-order valence-corrected chi connectivity index (χ4v) is 2.64. The molecular weight excluding hydrogens is 259 g/mol. The van der Waals surface area contributed by atoms with Crippen molar-refractivity contribution >= 4 is 22.8 Å². The number of rotatable bonds is 2. The van der Waals surface area contributed by atoms with Crippen LogP contribution >= 0.6 is 0 Å². The molecule has 0 radical (unpaired) electrons. The number of nitrogens with two attached hydrogens (primary N) is 1. The minimum Gasteiger partial charge on any atom is -0.368 e. The van der Waals surface area contributed by atoms with E-state index in [4.69, 9.17) is 5.73 Å². The fourth-order valence-electron chi connectivity index (χ4n) is 2.64. The number of hydrogen-bond acceptors (Lipinski definition) is 4. The molecular formula is C14H15FN4O. The van der Waals surface area contributed by atoms with E-state index < -0.39 is 18.1 Å². The number of para-hydroxylation sites is 2. The zero-order valence-electron chi connectivity index (χ0n) is 11.1. The van der Waals surface area contributed by atoms with Crippen molar-refractivity contribution in [2.24, 2.45) is 5.73 Å². The summed E-state index contributed by atoms with van der Waals surface area (Å²) in [6.07, 6.45) is -0.955. The zero-order chi connectivity index (χ0) is 14.3. The molecule has 3 rings (SSSR count). The highest BCUT2D eigenvalue weighted by atomic mass is 19.1. The third-order valence-corrected chi connectivity index (χ3v) is 3.57. The van der Waals surface area contributed by atoms with Crippen LogP contribution in [-0.2, 0) is 4.79 Å². The number of nitrogens with zero attached hydrogens (tertiary/aromatic N) is 3. The van der Waals surface area contributed by atoms with Crippen LogP contribution in [0, 0.1) is 6.92 Å². The van der Waals surface area contributed by atoms with Crippen molar-refractivity contribution < 1.29 is 9.18 Å². The number of aryl methyl sites for hydroxylation is 1. The number of halogens is 1. The Morgan fingerprint density at radius 1 is 1.35 bits per heavy atom. The summed E-state index contributed by atoms with van der Waals surface area (Å²) in [5, 5.41) is 0. The molecule has 6 heteroatoms. The summed E-state index contributed by atoms with van der Waals surface area (Å²) in [6, 6.07) is 6.80. The maximum Gasteiger partial charge on any atom is 0.240 e. The Morgan fingerprint density at radius 3 is 2.65 bits per heavy atom. The molecule has 0 unspecified atom stereocenters. The molecule has 1 aromatic heterocycles. The second-order valence-corrected chi connectivity index (χ2v) is 5.02. The monoisotopic (exact) mass is 274 g/mol. The van der Waals surface area contributed by atoms with Crippen LogP contribution in [0.4, 0.5) is 10.2 Å². The number of fused-ring (bicyclic) bond motifs is 1. The minimum atomic E-state index is -1.07. The Kier molecular flexibility index (Phi) is 3.00. The van der Waals surface area contributed by atoms with Gasteiger partial charge in [-0.05, 0) is 19.1 Å². The number of anilines is 1. The average Bonchev–Trinajstić information content (AvgIpc) is 2.80. The lowest BCUT2D eigenvalue weighted by Crippen LogP contribution is -2.41. The molecule has 20 heavy (non-hydrogen) atoms. The van der Waals surface area contributed by atoms with E-state index in [1.807, 2.05) is 24.3 Å². The van der Waals surface area contributed by atoms with Crippen molar-refractivity contribution in [2.45, 2.75) is 25.6 Å². The first-order valence-electron chi connectivity index (χ1n) is 6.49. The van der Waals surface area contributed by atoms with Gasteiger partial charge in [0.1, 0.15) is 12.2 Å². The highest BCUT2D eigenvalue weighted by molar-refractivity contribution is 5.85. The summed E-state index contributed by atoms with van der Waals surface area (Å²) in [6.45, 7) is 1.93. The summed E-state index contributed by atoms with van der Waals surface area (Å²) in [4.78, 5) is 22.1. The van der Waals surface area contributed by atoms with E-state index in [1.54, 1.807) is 11.8 Å². The van der Waals surface area contributed by atoms with Gasteiger partial charge >= 0.3 is 0 Å². The van der Waals surface area contributed by atoms with Gasteiger partial charge in [0.25, 0.3) is 0 Å². The number of primary amides is 1. The second-order valence-electron chi connectivity index (χ2n) is 5.02. The van der Waals surface area contributed by atoms with E-state index in [2.05, 4.69) is 9.97 Å². The number of hydrogen-bond donors (Lipinski definition) is 1. The molecule has 104 valence electrons. The molecule has 1 amide bonds. The van der Waals surface area contributed by atoms with Gasteiger partial charge < -0.3 is 10.6 Å². The highest BCUT2D eigenvalue weighted by Crippen LogP contribution is 2.28. The molecule has 2 atom stereocenters. The molecule has 1 fully saturated rings. The van der Waals surface area contributed by atoms with Crippen molar-refractivity contribution in [3.8, 4) is 0 Å². The summed E-state index contributed by atoms with van der Waals surface area (Å²) >= 11 is 0. The van der Waals surface area contributed by atoms with Gasteiger partial charge in [-0.1, -0.05) is 12.1 Å². The van der Waals surface area contributed by atoms with Crippen LogP contribution in [0.5, 0.6) is 0 Å². The molecule has 0 spiro atoms. The zero-order valence-corrected chi connectivity index (χ0v) is 11.1. The van der Waals surface area contributed by atoms with Gasteiger partial charge in [0.15, 0.2) is 5.82 Å². The average molecular weight is 274 g/mol. The van der Waals surface area contributed by atoms with Crippen molar-refractivity contribution in [1.29, 1.82) is 0 Å². The Balaban J connectivity index is 2.09. The molecule has 1 aliphatic heterocycles. The van der Waals surface area contributed by atoms with Crippen molar-refractivity contribution in [3.05, 3.63) is 30.0 Å². The first-order chi connectivity index (χ1) is 9.56. The molecule has 2 aromatic rings.